The summed E-state index contributed by atoms with van der Waals surface area (Å²) in [6, 6.07) is 8.16. The van der Waals surface area contributed by atoms with E-state index in [1.807, 2.05) is 12.1 Å². The summed E-state index contributed by atoms with van der Waals surface area (Å²) in [5, 5.41) is 9.29. The first-order chi connectivity index (χ1) is 6.75. The zero-order valence-electron chi connectivity index (χ0n) is 7.82. The Morgan fingerprint density at radius 1 is 1.21 bits per heavy atom. The third-order valence-electron chi connectivity index (χ3n) is 2.49. The van der Waals surface area contributed by atoms with Crippen molar-refractivity contribution < 1.29 is 9.84 Å². The van der Waals surface area contributed by atoms with E-state index in [0.29, 0.717) is 6.61 Å². The van der Waals surface area contributed by atoms with E-state index in [0.717, 1.165) is 17.3 Å². The van der Waals surface area contributed by atoms with Crippen molar-refractivity contribution >= 4 is 15.9 Å². The summed E-state index contributed by atoms with van der Waals surface area (Å²) in [6.45, 7) is 0.459. The molecule has 0 spiro atoms. The highest BCUT2D eigenvalue weighted by atomic mass is 79.9. The minimum atomic E-state index is -0.276. The smallest absolute Gasteiger partial charge is 0.0827 e. The quantitative estimate of drug-likeness (QED) is 0.838. The van der Waals surface area contributed by atoms with E-state index in [-0.39, 0.29) is 12.2 Å². The van der Waals surface area contributed by atoms with Gasteiger partial charge in [0.25, 0.3) is 0 Å². The predicted molar refractivity (Wildman–Crippen MR) is 58.1 cm³/mol. The number of halogens is 1. The van der Waals surface area contributed by atoms with Gasteiger partial charge in [-0.2, -0.15) is 0 Å². The van der Waals surface area contributed by atoms with E-state index in [4.69, 9.17) is 4.74 Å². The van der Waals surface area contributed by atoms with Crippen molar-refractivity contribution in [3.05, 3.63) is 34.3 Å². The molecule has 1 aliphatic rings. The van der Waals surface area contributed by atoms with E-state index >= 15 is 0 Å². The highest BCUT2D eigenvalue weighted by molar-refractivity contribution is 9.10. The van der Waals surface area contributed by atoms with Crippen molar-refractivity contribution in [2.75, 3.05) is 6.61 Å². The Morgan fingerprint density at radius 2 is 1.93 bits per heavy atom. The molecule has 0 aliphatic carbocycles. The van der Waals surface area contributed by atoms with Crippen molar-refractivity contribution in [1.82, 2.24) is 0 Å². The molecule has 2 atom stereocenters. The molecule has 1 aromatic carbocycles. The lowest BCUT2D eigenvalue weighted by molar-refractivity contribution is -0.0568. The minimum absolute atomic E-state index is 0.159. The average Bonchev–Trinajstić information content (AvgIpc) is 2.21. The Balaban J connectivity index is 2.05. The standard InChI is InChI=1S/C11H13BrO2/c12-9-3-1-8(2-4-9)11-6-5-10(13)7-14-11/h1-4,10-11,13H,5-7H2/t10-,11-/m0/s1. The number of hydrogen-bond donors (Lipinski definition) is 1. The lowest BCUT2D eigenvalue weighted by Crippen LogP contribution is -2.24. The number of aliphatic hydroxyl groups excluding tert-OH is 1. The fourth-order valence-corrected chi connectivity index (χ4v) is 1.94. The Labute approximate surface area is 92.0 Å². The summed E-state index contributed by atoms with van der Waals surface area (Å²) in [6.07, 6.45) is 1.62. The van der Waals surface area contributed by atoms with Crippen LogP contribution in [0.1, 0.15) is 24.5 Å². The average molecular weight is 257 g/mol. The first kappa shape index (κ1) is 10.1. The summed E-state index contributed by atoms with van der Waals surface area (Å²) in [5.74, 6) is 0. The minimum Gasteiger partial charge on any atom is -0.391 e. The van der Waals surface area contributed by atoms with Crippen LogP contribution in [-0.2, 0) is 4.74 Å². The van der Waals surface area contributed by atoms with E-state index in [2.05, 4.69) is 28.1 Å². The fourth-order valence-electron chi connectivity index (χ4n) is 1.68. The zero-order valence-corrected chi connectivity index (χ0v) is 9.40. The van der Waals surface area contributed by atoms with Crippen LogP contribution in [0.15, 0.2) is 28.7 Å². The van der Waals surface area contributed by atoms with Crippen LogP contribution >= 0.6 is 15.9 Å². The van der Waals surface area contributed by atoms with Crippen LogP contribution in [0.25, 0.3) is 0 Å². The molecule has 0 amide bonds. The van der Waals surface area contributed by atoms with E-state index in [1.54, 1.807) is 0 Å². The number of aliphatic hydroxyl groups is 1. The Bertz CT molecular complexity index is 289. The van der Waals surface area contributed by atoms with Gasteiger partial charge >= 0.3 is 0 Å². The Kier molecular flexibility index (Phi) is 3.21. The van der Waals surface area contributed by atoms with Gasteiger partial charge in [-0.05, 0) is 30.5 Å². The van der Waals surface area contributed by atoms with Gasteiger partial charge < -0.3 is 9.84 Å². The summed E-state index contributed by atoms with van der Waals surface area (Å²) in [5.41, 5.74) is 1.19. The second-order valence-electron chi connectivity index (χ2n) is 3.60. The Hall–Kier alpha value is -0.380. The normalized spacial score (nSPS) is 27.6. The second kappa shape index (κ2) is 4.43. The molecule has 76 valence electrons. The molecular formula is C11H13BrO2. The number of rotatable bonds is 1. The van der Waals surface area contributed by atoms with Crippen LogP contribution in [0.3, 0.4) is 0 Å². The summed E-state index contributed by atoms with van der Waals surface area (Å²) < 4.78 is 6.63. The van der Waals surface area contributed by atoms with Gasteiger partial charge in [0.05, 0.1) is 18.8 Å². The topological polar surface area (TPSA) is 29.5 Å². The van der Waals surface area contributed by atoms with Crippen molar-refractivity contribution in [2.45, 2.75) is 25.0 Å². The third-order valence-corrected chi connectivity index (χ3v) is 3.02. The summed E-state index contributed by atoms with van der Waals surface area (Å²) in [4.78, 5) is 0. The molecule has 0 saturated carbocycles. The molecule has 3 heteroatoms. The molecule has 1 aliphatic heterocycles. The predicted octanol–water partition coefficient (Wildman–Crippen LogP) is 2.66. The van der Waals surface area contributed by atoms with Gasteiger partial charge in [-0.1, -0.05) is 28.1 Å². The highest BCUT2D eigenvalue weighted by Crippen LogP contribution is 2.28. The SMILES string of the molecule is O[C@H]1CC[C@@H](c2ccc(Br)cc2)OC1. The van der Waals surface area contributed by atoms with Gasteiger partial charge in [0.1, 0.15) is 0 Å². The van der Waals surface area contributed by atoms with Crippen LogP contribution in [0.2, 0.25) is 0 Å². The zero-order chi connectivity index (χ0) is 9.97. The molecule has 1 N–H and O–H groups in total. The molecule has 0 radical (unpaired) electrons. The lowest BCUT2D eigenvalue weighted by Gasteiger charge is -2.26. The summed E-state index contributed by atoms with van der Waals surface area (Å²) >= 11 is 3.40. The molecule has 0 unspecified atom stereocenters. The van der Waals surface area contributed by atoms with Crippen LogP contribution < -0.4 is 0 Å². The van der Waals surface area contributed by atoms with E-state index in [1.165, 1.54) is 5.56 Å². The van der Waals surface area contributed by atoms with Gasteiger partial charge in [-0.25, -0.2) is 0 Å². The number of benzene rings is 1. The summed E-state index contributed by atoms with van der Waals surface area (Å²) in [7, 11) is 0. The number of hydrogen-bond acceptors (Lipinski definition) is 2. The molecule has 2 nitrogen and oxygen atoms in total. The van der Waals surface area contributed by atoms with Gasteiger partial charge in [0, 0.05) is 4.47 Å². The first-order valence-electron chi connectivity index (χ1n) is 4.81. The van der Waals surface area contributed by atoms with Gasteiger partial charge in [0.15, 0.2) is 0 Å². The third kappa shape index (κ3) is 2.35. The molecule has 1 fully saturated rings. The Morgan fingerprint density at radius 3 is 2.50 bits per heavy atom. The first-order valence-corrected chi connectivity index (χ1v) is 5.60. The van der Waals surface area contributed by atoms with Crippen LogP contribution in [0.4, 0.5) is 0 Å². The monoisotopic (exact) mass is 256 g/mol. The van der Waals surface area contributed by atoms with Crippen molar-refractivity contribution in [3.8, 4) is 0 Å². The number of ether oxygens (including phenoxy) is 1. The lowest BCUT2D eigenvalue weighted by atomic mass is 10.0. The molecule has 1 aromatic rings. The van der Waals surface area contributed by atoms with E-state index in [9.17, 15) is 5.11 Å². The van der Waals surface area contributed by atoms with Crippen LogP contribution in [0, 0.1) is 0 Å². The maximum atomic E-state index is 9.29. The molecule has 2 rings (SSSR count). The van der Waals surface area contributed by atoms with Gasteiger partial charge in [-0.3, -0.25) is 0 Å². The van der Waals surface area contributed by atoms with Crippen molar-refractivity contribution in [1.29, 1.82) is 0 Å². The second-order valence-corrected chi connectivity index (χ2v) is 4.52. The molecule has 1 heterocycles. The van der Waals surface area contributed by atoms with Crippen LogP contribution in [-0.4, -0.2) is 17.8 Å². The largest absolute Gasteiger partial charge is 0.391 e. The maximum absolute atomic E-state index is 9.29. The van der Waals surface area contributed by atoms with Crippen molar-refractivity contribution in [2.24, 2.45) is 0 Å². The molecule has 0 aromatic heterocycles. The van der Waals surface area contributed by atoms with E-state index < -0.39 is 0 Å². The van der Waals surface area contributed by atoms with Crippen LogP contribution in [0.5, 0.6) is 0 Å². The van der Waals surface area contributed by atoms with Gasteiger partial charge in [0.2, 0.25) is 0 Å². The molecule has 0 bridgehead atoms. The maximum Gasteiger partial charge on any atom is 0.0827 e. The molecule has 14 heavy (non-hydrogen) atoms. The molecular weight excluding hydrogens is 244 g/mol. The van der Waals surface area contributed by atoms with Crippen molar-refractivity contribution in [3.63, 3.8) is 0 Å². The molecule has 1 saturated heterocycles. The fraction of sp³-hybridized carbons (Fsp3) is 0.455. The highest BCUT2D eigenvalue weighted by Gasteiger charge is 2.20. The van der Waals surface area contributed by atoms with Gasteiger partial charge in [-0.15, -0.1) is 0 Å².